The molecular weight excluding hydrogens is 299 g/mol. The van der Waals surface area contributed by atoms with Crippen molar-refractivity contribution >= 4 is 11.8 Å². The monoisotopic (exact) mass is 322 g/mol. The van der Waals surface area contributed by atoms with E-state index in [1.54, 1.807) is 30.2 Å². The van der Waals surface area contributed by atoms with E-state index in [2.05, 4.69) is 5.32 Å². The first-order valence-corrected chi connectivity index (χ1v) is 7.89. The van der Waals surface area contributed by atoms with Crippen LogP contribution in [0.4, 0.5) is 4.39 Å². The molecule has 23 heavy (non-hydrogen) atoms. The summed E-state index contributed by atoms with van der Waals surface area (Å²) < 4.78 is 18.5. The van der Waals surface area contributed by atoms with Crippen LogP contribution < -0.4 is 5.32 Å². The standard InChI is InChI=1S/C17H23FN2O3/c1-23-11-8-19-17(22)13-6-9-20(10-7-13)16(21)12-14-4-2-3-5-15(14)18/h2-5,13H,6-12H2,1H3,(H,19,22). The second-order valence-corrected chi connectivity index (χ2v) is 5.71. The third-order valence-electron chi connectivity index (χ3n) is 4.12. The normalized spacial score (nSPS) is 15.5. The summed E-state index contributed by atoms with van der Waals surface area (Å²) in [7, 11) is 1.59. The highest BCUT2D eigenvalue weighted by Gasteiger charge is 2.27. The highest BCUT2D eigenvalue weighted by Crippen LogP contribution is 2.18. The average Bonchev–Trinajstić information content (AvgIpc) is 2.57. The fraction of sp³-hybridized carbons (Fsp3) is 0.529. The Morgan fingerprint density at radius 3 is 2.65 bits per heavy atom. The minimum absolute atomic E-state index is 0.0169. The molecule has 0 aliphatic carbocycles. The Hall–Kier alpha value is -1.95. The van der Waals surface area contributed by atoms with Crippen LogP contribution in [0.2, 0.25) is 0 Å². The van der Waals surface area contributed by atoms with Gasteiger partial charge in [-0.1, -0.05) is 18.2 Å². The Kier molecular flexibility index (Phi) is 6.52. The van der Waals surface area contributed by atoms with Gasteiger partial charge < -0.3 is 15.0 Å². The van der Waals surface area contributed by atoms with Crippen molar-refractivity contribution in [1.29, 1.82) is 0 Å². The number of hydrogen-bond donors (Lipinski definition) is 1. The first-order valence-electron chi connectivity index (χ1n) is 7.89. The molecule has 5 nitrogen and oxygen atoms in total. The number of benzene rings is 1. The van der Waals surface area contributed by atoms with Crippen LogP contribution in [0.15, 0.2) is 24.3 Å². The van der Waals surface area contributed by atoms with Crippen LogP contribution in [0.5, 0.6) is 0 Å². The van der Waals surface area contributed by atoms with Gasteiger partial charge in [-0.05, 0) is 24.5 Å². The number of halogens is 1. The van der Waals surface area contributed by atoms with Gasteiger partial charge >= 0.3 is 0 Å². The number of rotatable bonds is 6. The molecule has 1 fully saturated rings. The number of nitrogens with one attached hydrogen (secondary N) is 1. The lowest BCUT2D eigenvalue weighted by Crippen LogP contribution is -2.44. The third kappa shape index (κ3) is 5.03. The van der Waals surface area contributed by atoms with Gasteiger partial charge in [0.1, 0.15) is 5.82 Å². The Morgan fingerprint density at radius 1 is 1.30 bits per heavy atom. The Bertz CT molecular complexity index is 542. The van der Waals surface area contributed by atoms with E-state index in [1.165, 1.54) is 6.07 Å². The molecular formula is C17H23FN2O3. The van der Waals surface area contributed by atoms with Crippen LogP contribution in [0.3, 0.4) is 0 Å². The summed E-state index contributed by atoms with van der Waals surface area (Å²) in [5.74, 6) is -0.491. The van der Waals surface area contributed by atoms with Crippen molar-refractivity contribution < 1.29 is 18.7 Å². The molecule has 2 amide bonds. The van der Waals surface area contributed by atoms with E-state index < -0.39 is 0 Å². The molecule has 1 N–H and O–H groups in total. The summed E-state index contributed by atoms with van der Waals surface area (Å²) in [6, 6.07) is 6.32. The van der Waals surface area contributed by atoms with Crippen molar-refractivity contribution in [2.24, 2.45) is 5.92 Å². The van der Waals surface area contributed by atoms with E-state index in [0.717, 1.165) is 0 Å². The molecule has 1 aromatic carbocycles. The topological polar surface area (TPSA) is 58.6 Å². The SMILES string of the molecule is COCCNC(=O)C1CCN(C(=O)Cc2ccccc2F)CC1. The number of amides is 2. The molecule has 1 aromatic rings. The van der Waals surface area contributed by atoms with Crippen LogP contribution in [0, 0.1) is 11.7 Å². The van der Waals surface area contributed by atoms with Gasteiger partial charge in [0.2, 0.25) is 11.8 Å². The van der Waals surface area contributed by atoms with Crippen molar-refractivity contribution in [3.05, 3.63) is 35.6 Å². The largest absolute Gasteiger partial charge is 0.383 e. The highest BCUT2D eigenvalue weighted by molar-refractivity contribution is 5.81. The van der Waals surface area contributed by atoms with Gasteiger partial charge in [-0.2, -0.15) is 0 Å². The van der Waals surface area contributed by atoms with Gasteiger partial charge in [0.25, 0.3) is 0 Å². The van der Waals surface area contributed by atoms with Crippen molar-refractivity contribution in [1.82, 2.24) is 10.2 Å². The second kappa shape index (κ2) is 8.62. The number of carbonyl (C=O) groups excluding carboxylic acids is 2. The van der Waals surface area contributed by atoms with Crippen molar-refractivity contribution in [2.45, 2.75) is 19.3 Å². The van der Waals surface area contributed by atoms with Gasteiger partial charge in [0.05, 0.1) is 13.0 Å². The first kappa shape index (κ1) is 17.4. The van der Waals surface area contributed by atoms with E-state index in [4.69, 9.17) is 4.74 Å². The number of nitrogens with zero attached hydrogens (tertiary/aromatic N) is 1. The molecule has 1 saturated heterocycles. The molecule has 0 atom stereocenters. The summed E-state index contributed by atoms with van der Waals surface area (Å²) in [4.78, 5) is 25.9. The number of hydrogen-bond acceptors (Lipinski definition) is 3. The number of likely N-dealkylation sites (tertiary alicyclic amines) is 1. The lowest BCUT2D eigenvalue weighted by Gasteiger charge is -2.31. The molecule has 0 aromatic heterocycles. The maximum atomic E-state index is 13.6. The van der Waals surface area contributed by atoms with Crippen molar-refractivity contribution in [3.63, 3.8) is 0 Å². The highest BCUT2D eigenvalue weighted by atomic mass is 19.1. The summed E-state index contributed by atoms with van der Waals surface area (Å²) in [5.41, 5.74) is 0.414. The number of ether oxygens (including phenoxy) is 1. The molecule has 1 aliphatic heterocycles. The molecule has 1 aliphatic rings. The lowest BCUT2D eigenvalue weighted by molar-refractivity contribution is -0.135. The smallest absolute Gasteiger partial charge is 0.227 e. The lowest BCUT2D eigenvalue weighted by atomic mass is 9.95. The maximum absolute atomic E-state index is 13.6. The Morgan fingerprint density at radius 2 is 2.00 bits per heavy atom. The summed E-state index contributed by atoms with van der Waals surface area (Å²) in [6.45, 7) is 2.07. The molecule has 1 heterocycles. The van der Waals surface area contributed by atoms with E-state index in [0.29, 0.717) is 44.6 Å². The van der Waals surface area contributed by atoms with Crippen LogP contribution in [-0.4, -0.2) is 50.1 Å². The molecule has 0 saturated carbocycles. The van der Waals surface area contributed by atoms with Gasteiger partial charge in [0.15, 0.2) is 0 Å². The Labute approximate surface area is 135 Å². The van der Waals surface area contributed by atoms with Crippen molar-refractivity contribution in [3.8, 4) is 0 Å². The fourth-order valence-corrected chi connectivity index (χ4v) is 2.73. The zero-order valence-corrected chi connectivity index (χ0v) is 13.4. The van der Waals surface area contributed by atoms with Gasteiger partial charge in [0, 0.05) is 32.7 Å². The van der Waals surface area contributed by atoms with Gasteiger partial charge in [-0.25, -0.2) is 4.39 Å². The summed E-state index contributed by atoms with van der Waals surface area (Å²) in [6.07, 6.45) is 1.35. The molecule has 0 spiro atoms. The van der Waals surface area contributed by atoms with E-state index in [9.17, 15) is 14.0 Å². The van der Waals surface area contributed by atoms with Crippen LogP contribution in [-0.2, 0) is 20.7 Å². The van der Waals surface area contributed by atoms with Crippen LogP contribution in [0.1, 0.15) is 18.4 Å². The molecule has 126 valence electrons. The summed E-state index contributed by atoms with van der Waals surface area (Å²) in [5, 5.41) is 2.83. The first-order chi connectivity index (χ1) is 11.1. The minimum atomic E-state index is -0.353. The van der Waals surface area contributed by atoms with E-state index in [-0.39, 0.29) is 30.0 Å². The van der Waals surface area contributed by atoms with Crippen molar-refractivity contribution in [2.75, 3.05) is 33.4 Å². The van der Waals surface area contributed by atoms with E-state index in [1.807, 2.05) is 0 Å². The average molecular weight is 322 g/mol. The van der Waals surface area contributed by atoms with Crippen LogP contribution >= 0.6 is 0 Å². The molecule has 2 rings (SSSR count). The zero-order chi connectivity index (χ0) is 16.7. The fourth-order valence-electron chi connectivity index (χ4n) is 2.73. The number of piperidine rings is 1. The molecule has 0 unspecified atom stereocenters. The van der Waals surface area contributed by atoms with Gasteiger partial charge in [-0.15, -0.1) is 0 Å². The quantitative estimate of drug-likeness (QED) is 0.805. The molecule has 0 bridgehead atoms. The minimum Gasteiger partial charge on any atom is -0.383 e. The zero-order valence-electron chi connectivity index (χ0n) is 13.4. The number of carbonyl (C=O) groups is 2. The van der Waals surface area contributed by atoms with Gasteiger partial charge in [-0.3, -0.25) is 9.59 Å². The maximum Gasteiger partial charge on any atom is 0.227 e. The predicted octanol–water partition coefficient (Wildman–Crippen LogP) is 1.37. The third-order valence-corrected chi connectivity index (χ3v) is 4.12. The second-order valence-electron chi connectivity index (χ2n) is 5.71. The van der Waals surface area contributed by atoms with Crippen LogP contribution in [0.25, 0.3) is 0 Å². The molecule has 0 radical (unpaired) electrons. The van der Waals surface area contributed by atoms with E-state index >= 15 is 0 Å². The summed E-state index contributed by atoms with van der Waals surface area (Å²) >= 11 is 0. The Balaban J connectivity index is 1.78. The molecule has 6 heteroatoms. The predicted molar refractivity (Wildman–Crippen MR) is 84.3 cm³/mol. The number of methoxy groups -OCH3 is 1.